The van der Waals surface area contributed by atoms with Gasteiger partial charge >= 0.3 is 12.2 Å². The second kappa shape index (κ2) is 11.2. The van der Waals surface area contributed by atoms with E-state index >= 15 is 0 Å². The fourth-order valence-electron chi connectivity index (χ4n) is 4.36. The summed E-state index contributed by atoms with van der Waals surface area (Å²) >= 11 is 1.21. The topological polar surface area (TPSA) is 92.5 Å². The molecule has 3 aromatic carbocycles. The minimum Gasteiger partial charge on any atom is -0.306 e. The number of amides is 3. The van der Waals surface area contributed by atoms with Crippen LogP contribution in [0.1, 0.15) is 29.2 Å². The lowest BCUT2D eigenvalue weighted by Crippen LogP contribution is -2.31. The van der Waals surface area contributed by atoms with E-state index < -0.39 is 17.8 Å². The number of benzene rings is 3. The highest BCUT2D eigenvalue weighted by Crippen LogP contribution is 2.32. The lowest BCUT2D eigenvalue weighted by molar-refractivity contribution is -0.137. The number of aromatic nitrogens is 3. The van der Waals surface area contributed by atoms with Crippen molar-refractivity contribution in [1.29, 1.82) is 0 Å². The molecule has 0 saturated carbocycles. The first-order chi connectivity index (χ1) is 19.5. The third kappa shape index (κ3) is 6.02. The van der Waals surface area contributed by atoms with Gasteiger partial charge in [0.2, 0.25) is 5.91 Å². The van der Waals surface area contributed by atoms with Crippen molar-refractivity contribution in [3.8, 4) is 17.1 Å². The zero-order valence-corrected chi connectivity index (χ0v) is 23.2. The minimum atomic E-state index is -4.42. The zero-order valence-electron chi connectivity index (χ0n) is 22.4. The van der Waals surface area contributed by atoms with Crippen molar-refractivity contribution in [3.05, 3.63) is 89.2 Å². The molecule has 8 nitrogen and oxygen atoms in total. The number of carbonyl (C=O) groups excluding carboxylic acids is 2. The molecule has 0 bridgehead atoms. The van der Waals surface area contributed by atoms with Gasteiger partial charge in [0.15, 0.2) is 11.0 Å². The highest BCUT2D eigenvalue weighted by molar-refractivity contribution is 8.15. The molecule has 3 amide bonds. The fraction of sp³-hybridized carbons (Fsp3) is 0.207. The number of alkyl halides is 3. The highest BCUT2D eigenvalue weighted by Gasteiger charge is 2.32. The van der Waals surface area contributed by atoms with Gasteiger partial charge in [0.1, 0.15) is 6.33 Å². The van der Waals surface area contributed by atoms with Gasteiger partial charge in [-0.05, 0) is 85.5 Å². The molecule has 4 aromatic rings. The Hall–Kier alpha value is -4.45. The van der Waals surface area contributed by atoms with E-state index in [1.807, 2.05) is 32.0 Å². The maximum absolute atomic E-state index is 12.9. The SMILES string of the molecule is CCc1ccc(C)cc1N1C(=O)CS/C1=N\C(=O)Nc1ccc(-c2ncn(-c3ccc(C(F)(F)F)cc3)n2)cc1C. The number of carbonyl (C=O) groups is 2. The highest BCUT2D eigenvalue weighted by atomic mass is 32.2. The number of nitrogens with one attached hydrogen (secondary N) is 1. The summed E-state index contributed by atoms with van der Waals surface area (Å²) in [5.41, 5.74) is 4.32. The predicted molar refractivity (Wildman–Crippen MR) is 153 cm³/mol. The van der Waals surface area contributed by atoms with Gasteiger partial charge in [-0.15, -0.1) is 5.10 Å². The fourth-order valence-corrected chi connectivity index (χ4v) is 5.22. The Balaban J connectivity index is 1.32. The summed E-state index contributed by atoms with van der Waals surface area (Å²) in [5, 5.41) is 7.48. The summed E-state index contributed by atoms with van der Waals surface area (Å²) < 4.78 is 40.0. The van der Waals surface area contributed by atoms with Crippen molar-refractivity contribution in [2.75, 3.05) is 16.0 Å². The van der Waals surface area contributed by atoms with Crippen LogP contribution < -0.4 is 10.2 Å². The molecule has 1 N–H and O–H groups in total. The van der Waals surface area contributed by atoms with Crippen LogP contribution in [0.2, 0.25) is 0 Å². The average molecular weight is 579 g/mol. The molecular formula is C29H25F3N6O2S. The van der Waals surface area contributed by atoms with E-state index in [-0.39, 0.29) is 11.7 Å². The molecule has 0 unspecified atom stereocenters. The van der Waals surface area contributed by atoms with Crippen molar-refractivity contribution < 1.29 is 22.8 Å². The standard InChI is InChI=1S/C29H25F3N6O2S/c1-4-19-6-5-17(2)13-24(19)38-25(39)15-41-28(38)35-27(40)34-23-12-7-20(14-18(23)3)26-33-16-37(36-26)22-10-8-21(9-11-22)29(30,31)32/h5-14,16H,4,15H2,1-3H3,(H,34,40)/b35-28-. The van der Waals surface area contributed by atoms with Crippen LogP contribution in [0.3, 0.4) is 0 Å². The van der Waals surface area contributed by atoms with E-state index in [1.54, 1.807) is 25.1 Å². The first kappa shape index (κ1) is 28.1. The monoisotopic (exact) mass is 578 g/mol. The summed E-state index contributed by atoms with van der Waals surface area (Å²) in [6.07, 6.45) is -2.27. The minimum absolute atomic E-state index is 0.134. The van der Waals surface area contributed by atoms with Crippen molar-refractivity contribution in [2.45, 2.75) is 33.4 Å². The molecule has 5 rings (SSSR count). The van der Waals surface area contributed by atoms with Gasteiger partial charge in [-0.3, -0.25) is 9.69 Å². The van der Waals surface area contributed by atoms with Crippen LogP contribution in [-0.4, -0.2) is 37.6 Å². The van der Waals surface area contributed by atoms with Crippen molar-refractivity contribution >= 4 is 40.2 Å². The van der Waals surface area contributed by atoms with Gasteiger partial charge in [0.25, 0.3) is 0 Å². The largest absolute Gasteiger partial charge is 0.416 e. The first-order valence-electron chi connectivity index (χ1n) is 12.7. The summed E-state index contributed by atoms with van der Waals surface area (Å²) in [6, 6.07) is 15.1. The predicted octanol–water partition coefficient (Wildman–Crippen LogP) is 6.80. The molecule has 0 aliphatic carbocycles. The number of anilines is 2. The zero-order chi connectivity index (χ0) is 29.3. The molecule has 1 aliphatic rings. The smallest absolute Gasteiger partial charge is 0.306 e. The van der Waals surface area contributed by atoms with Crippen LogP contribution in [0.25, 0.3) is 17.1 Å². The van der Waals surface area contributed by atoms with Gasteiger partial charge in [0.05, 0.1) is 22.7 Å². The molecule has 12 heteroatoms. The number of thioether (sulfide) groups is 1. The number of nitrogens with zero attached hydrogens (tertiary/aromatic N) is 5. The number of rotatable bonds is 5. The van der Waals surface area contributed by atoms with Crippen LogP contribution >= 0.6 is 11.8 Å². The molecule has 1 fully saturated rings. The number of amidine groups is 1. The molecule has 41 heavy (non-hydrogen) atoms. The van der Waals surface area contributed by atoms with Crippen LogP contribution in [0, 0.1) is 13.8 Å². The first-order valence-corrected chi connectivity index (χ1v) is 13.7. The summed E-state index contributed by atoms with van der Waals surface area (Å²) in [6.45, 7) is 5.76. The van der Waals surface area contributed by atoms with Crippen LogP contribution in [-0.2, 0) is 17.4 Å². The molecule has 1 aliphatic heterocycles. The van der Waals surface area contributed by atoms with Crippen LogP contribution in [0.15, 0.2) is 72.0 Å². The van der Waals surface area contributed by atoms with Gasteiger partial charge in [0, 0.05) is 11.3 Å². The summed E-state index contributed by atoms with van der Waals surface area (Å²) in [7, 11) is 0. The number of halogens is 3. The number of hydrogen-bond donors (Lipinski definition) is 1. The second-order valence-corrected chi connectivity index (χ2v) is 10.4. The molecule has 210 valence electrons. The van der Waals surface area contributed by atoms with E-state index in [2.05, 4.69) is 20.4 Å². The van der Waals surface area contributed by atoms with E-state index in [4.69, 9.17) is 0 Å². The van der Waals surface area contributed by atoms with Gasteiger partial charge in [-0.2, -0.15) is 18.2 Å². The molecule has 2 heterocycles. The number of aliphatic imine (C=N–C) groups is 1. The summed E-state index contributed by atoms with van der Waals surface area (Å²) in [5.74, 6) is 0.432. The number of hydrogen-bond acceptors (Lipinski definition) is 5. The molecule has 1 aromatic heterocycles. The normalized spacial score (nSPS) is 14.6. The lowest BCUT2D eigenvalue weighted by Gasteiger charge is -2.20. The number of urea groups is 1. The molecule has 0 radical (unpaired) electrons. The van der Waals surface area contributed by atoms with Gasteiger partial charge in [-0.25, -0.2) is 14.5 Å². The van der Waals surface area contributed by atoms with Crippen molar-refractivity contribution in [3.63, 3.8) is 0 Å². The van der Waals surface area contributed by atoms with E-state index in [1.165, 1.54) is 39.8 Å². The average Bonchev–Trinajstić information content (AvgIpc) is 3.56. The molecular weight excluding hydrogens is 553 g/mol. The van der Waals surface area contributed by atoms with Crippen LogP contribution in [0.5, 0.6) is 0 Å². The third-order valence-corrected chi connectivity index (χ3v) is 7.43. The molecule has 0 atom stereocenters. The Morgan fingerprint density at radius 3 is 2.51 bits per heavy atom. The van der Waals surface area contributed by atoms with Crippen molar-refractivity contribution in [2.24, 2.45) is 4.99 Å². The maximum Gasteiger partial charge on any atom is 0.416 e. The molecule has 1 saturated heterocycles. The second-order valence-electron chi connectivity index (χ2n) is 9.42. The third-order valence-electron chi connectivity index (χ3n) is 6.50. The van der Waals surface area contributed by atoms with Crippen molar-refractivity contribution in [1.82, 2.24) is 14.8 Å². The lowest BCUT2D eigenvalue weighted by atomic mass is 10.1. The Labute approximate surface area is 238 Å². The van der Waals surface area contributed by atoms with Gasteiger partial charge in [-0.1, -0.05) is 30.8 Å². The van der Waals surface area contributed by atoms with Crippen LogP contribution in [0.4, 0.5) is 29.3 Å². The molecule has 0 spiro atoms. The summed E-state index contributed by atoms with van der Waals surface area (Å²) in [4.78, 5) is 35.6. The van der Waals surface area contributed by atoms with E-state index in [0.717, 1.165) is 40.9 Å². The van der Waals surface area contributed by atoms with E-state index in [0.29, 0.717) is 27.9 Å². The Bertz CT molecular complexity index is 1660. The van der Waals surface area contributed by atoms with E-state index in [9.17, 15) is 22.8 Å². The maximum atomic E-state index is 12.9. The quantitative estimate of drug-likeness (QED) is 0.281. The van der Waals surface area contributed by atoms with Gasteiger partial charge < -0.3 is 5.32 Å². The Kier molecular flexibility index (Phi) is 7.68. The number of aryl methyl sites for hydroxylation is 3. The Morgan fingerprint density at radius 1 is 1.07 bits per heavy atom. The Morgan fingerprint density at radius 2 is 1.83 bits per heavy atom.